The van der Waals surface area contributed by atoms with Crippen molar-refractivity contribution in [1.29, 1.82) is 0 Å². The Bertz CT molecular complexity index is 259. The maximum atomic E-state index is 11.3. The summed E-state index contributed by atoms with van der Waals surface area (Å²) in [6.07, 6.45) is 8.86. The van der Waals surface area contributed by atoms with Crippen molar-refractivity contribution >= 4 is 5.91 Å². The predicted molar refractivity (Wildman–Crippen MR) is 69.5 cm³/mol. The fourth-order valence-electron chi connectivity index (χ4n) is 3.49. The molecule has 98 valence electrons. The van der Waals surface area contributed by atoms with Crippen molar-refractivity contribution in [2.75, 3.05) is 13.1 Å². The van der Waals surface area contributed by atoms with E-state index in [0.29, 0.717) is 0 Å². The Morgan fingerprint density at radius 3 is 2.53 bits per heavy atom. The Morgan fingerprint density at radius 2 is 1.94 bits per heavy atom. The number of rotatable bonds is 3. The van der Waals surface area contributed by atoms with Crippen LogP contribution in [-0.4, -0.2) is 29.9 Å². The minimum Gasteiger partial charge on any atom is -0.369 e. The summed E-state index contributed by atoms with van der Waals surface area (Å²) in [5.74, 6) is 0.951. The molecule has 1 saturated heterocycles. The van der Waals surface area contributed by atoms with Crippen LogP contribution < -0.4 is 5.73 Å². The summed E-state index contributed by atoms with van der Waals surface area (Å²) in [6.45, 7) is 4.39. The zero-order valence-corrected chi connectivity index (χ0v) is 11.0. The number of nitrogens with zero attached hydrogens (tertiary/aromatic N) is 1. The van der Waals surface area contributed by atoms with Gasteiger partial charge in [0, 0.05) is 12.6 Å². The molecule has 3 nitrogen and oxygen atoms in total. The number of hydrogen-bond donors (Lipinski definition) is 1. The molecule has 17 heavy (non-hydrogen) atoms. The first kappa shape index (κ1) is 12.9. The van der Waals surface area contributed by atoms with E-state index in [9.17, 15) is 4.79 Å². The maximum absolute atomic E-state index is 11.3. The Hall–Kier alpha value is -0.570. The van der Waals surface area contributed by atoms with Gasteiger partial charge in [-0.05, 0) is 51.0 Å². The van der Waals surface area contributed by atoms with Crippen molar-refractivity contribution in [3.63, 3.8) is 0 Å². The van der Waals surface area contributed by atoms with Gasteiger partial charge in [-0.15, -0.1) is 0 Å². The molecule has 0 aromatic carbocycles. The quantitative estimate of drug-likeness (QED) is 0.819. The number of nitrogens with two attached hydrogens (primary N) is 1. The van der Waals surface area contributed by atoms with E-state index in [1.165, 1.54) is 38.6 Å². The third-order valence-electron chi connectivity index (χ3n) is 4.77. The van der Waals surface area contributed by atoms with Crippen LogP contribution in [0.4, 0.5) is 0 Å². The van der Waals surface area contributed by atoms with E-state index in [1.54, 1.807) is 0 Å². The number of carbonyl (C=O) groups excluding carboxylic acids is 1. The Balaban J connectivity index is 1.84. The molecule has 1 heterocycles. The molecule has 0 aromatic rings. The number of primary amides is 1. The molecule has 1 atom stereocenters. The highest BCUT2D eigenvalue weighted by Crippen LogP contribution is 2.31. The summed E-state index contributed by atoms with van der Waals surface area (Å²) in [5.41, 5.74) is 5.44. The van der Waals surface area contributed by atoms with Crippen molar-refractivity contribution in [1.82, 2.24) is 4.90 Å². The van der Waals surface area contributed by atoms with Crippen LogP contribution in [0, 0.1) is 11.8 Å². The van der Waals surface area contributed by atoms with Crippen LogP contribution in [0.1, 0.15) is 51.9 Å². The van der Waals surface area contributed by atoms with Gasteiger partial charge >= 0.3 is 0 Å². The smallest absolute Gasteiger partial charge is 0.221 e. The minimum atomic E-state index is -0.100. The molecule has 0 unspecified atom stereocenters. The minimum absolute atomic E-state index is 0.100. The number of piperidine rings is 1. The Labute approximate surface area is 105 Å². The van der Waals surface area contributed by atoms with Gasteiger partial charge < -0.3 is 5.73 Å². The van der Waals surface area contributed by atoms with Crippen LogP contribution in [0.3, 0.4) is 0 Å². The second-order valence-electron chi connectivity index (χ2n) is 5.82. The molecule has 2 fully saturated rings. The molecular formula is C14H26N2O. The van der Waals surface area contributed by atoms with Gasteiger partial charge in [0.15, 0.2) is 0 Å². The van der Waals surface area contributed by atoms with Crippen LogP contribution in [0.15, 0.2) is 0 Å². The first-order chi connectivity index (χ1) is 8.20. The van der Waals surface area contributed by atoms with Crippen molar-refractivity contribution < 1.29 is 4.79 Å². The molecule has 3 heteroatoms. The Kier molecular flexibility index (Phi) is 4.43. The van der Waals surface area contributed by atoms with E-state index < -0.39 is 0 Å². The van der Waals surface area contributed by atoms with Gasteiger partial charge in [0.25, 0.3) is 0 Å². The lowest BCUT2D eigenvalue weighted by Gasteiger charge is -2.40. The highest BCUT2D eigenvalue weighted by Gasteiger charge is 2.30. The van der Waals surface area contributed by atoms with Crippen LogP contribution in [0.5, 0.6) is 0 Å². The average molecular weight is 238 g/mol. The zero-order valence-electron chi connectivity index (χ0n) is 11.0. The van der Waals surface area contributed by atoms with Crippen molar-refractivity contribution in [3.8, 4) is 0 Å². The molecule has 0 aromatic heterocycles. The zero-order chi connectivity index (χ0) is 12.3. The van der Waals surface area contributed by atoms with Gasteiger partial charge in [-0.3, -0.25) is 9.69 Å². The molecule has 1 amide bonds. The highest BCUT2D eigenvalue weighted by atomic mass is 16.1. The van der Waals surface area contributed by atoms with Gasteiger partial charge in [-0.1, -0.05) is 13.3 Å². The van der Waals surface area contributed by atoms with E-state index in [0.717, 1.165) is 31.3 Å². The second kappa shape index (κ2) is 5.85. The normalized spacial score (nSPS) is 35.7. The van der Waals surface area contributed by atoms with Gasteiger partial charge in [0.2, 0.25) is 5.91 Å². The third kappa shape index (κ3) is 3.21. The first-order valence-corrected chi connectivity index (χ1v) is 7.24. The molecule has 2 N–H and O–H groups in total. The van der Waals surface area contributed by atoms with Gasteiger partial charge in [-0.2, -0.15) is 0 Å². The van der Waals surface area contributed by atoms with E-state index in [4.69, 9.17) is 5.73 Å². The van der Waals surface area contributed by atoms with Crippen molar-refractivity contribution in [2.45, 2.75) is 57.9 Å². The topological polar surface area (TPSA) is 46.3 Å². The molecule has 0 spiro atoms. The molecule has 2 aliphatic rings. The summed E-state index contributed by atoms with van der Waals surface area (Å²) < 4.78 is 0. The van der Waals surface area contributed by atoms with Gasteiger partial charge in [-0.25, -0.2) is 0 Å². The number of likely N-dealkylation sites (tertiary alicyclic amines) is 1. The summed E-state index contributed by atoms with van der Waals surface area (Å²) in [7, 11) is 0. The van der Waals surface area contributed by atoms with E-state index in [-0.39, 0.29) is 11.8 Å². The monoisotopic (exact) mass is 238 g/mol. The molecule has 1 aliphatic carbocycles. The van der Waals surface area contributed by atoms with E-state index in [2.05, 4.69) is 11.8 Å². The third-order valence-corrected chi connectivity index (χ3v) is 4.77. The van der Waals surface area contributed by atoms with Crippen molar-refractivity contribution in [3.05, 3.63) is 0 Å². The largest absolute Gasteiger partial charge is 0.369 e. The lowest BCUT2D eigenvalue weighted by atomic mass is 9.83. The van der Waals surface area contributed by atoms with E-state index in [1.807, 2.05) is 0 Å². The summed E-state index contributed by atoms with van der Waals surface area (Å²) in [4.78, 5) is 13.8. The molecule has 2 rings (SSSR count). The van der Waals surface area contributed by atoms with Crippen LogP contribution in [0.2, 0.25) is 0 Å². The fraction of sp³-hybridized carbons (Fsp3) is 0.929. The summed E-state index contributed by atoms with van der Waals surface area (Å²) >= 11 is 0. The highest BCUT2D eigenvalue weighted by molar-refractivity contribution is 5.76. The molecule has 0 radical (unpaired) electrons. The lowest BCUT2D eigenvalue weighted by Crippen LogP contribution is -2.47. The maximum Gasteiger partial charge on any atom is 0.221 e. The fourth-order valence-corrected chi connectivity index (χ4v) is 3.49. The van der Waals surface area contributed by atoms with E-state index >= 15 is 0 Å². The number of carbonyl (C=O) groups is 1. The number of hydrogen-bond acceptors (Lipinski definition) is 2. The molecule has 1 saturated carbocycles. The predicted octanol–water partition coefficient (Wildman–Crippen LogP) is 2.15. The average Bonchev–Trinajstić information content (AvgIpc) is 2.39. The summed E-state index contributed by atoms with van der Waals surface area (Å²) in [5, 5.41) is 0. The van der Waals surface area contributed by atoms with Crippen molar-refractivity contribution in [2.24, 2.45) is 17.6 Å². The van der Waals surface area contributed by atoms with Gasteiger partial charge in [0.1, 0.15) is 0 Å². The van der Waals surface area contributed by atoms with Crippen LogP contribution in [-0.2, 0) is 4.79 Å². The molecule has 0 bridgehead atoms. The number of amides is 1. The van der Waals surface area contributed by atoms with Gasteiger partial charge in [0.05, 0.1) is 5.92 Å². The standard InChI is InChI=1S/C14H26N2O/c1-2-11-5-7-13(8-6-11)16-9-3-4-12(10-16)14(15)17/h11-13H,2-10H2,1H3,(H2,15,17)/t11?,12-,13?/m1/s1. The van der Waals surface area contributed by atoms with Crippen LogP contribution in [0.25, 0.3) is 0 Å². The second-order valence-corrected chi connectivity index (χ2v) is 5.82. The first-order valence-electron chi connectivity index (χ1n) is 7.24. The molecule has 1 aliphatic heterocycles. The lowest BCUT2D eigenvalue weighted by molar-refractivity contribution is -0.123. The Morgan fingerprint density at radius 1 is 1.24 bits per heavy atom. The SMILES string of the molecule is CCC1CCC(N2CCC[C@@H](C(N)=O)C2)CC1. The summed E-state index contributed by atoms with van der Waals surface area (Å²) in [6, 6.07) is 0.722. The van der Waals surface area contributed by atoms with Crippen LogP contribution >= 0.6 is 0 Å². The molecular weight excluding hydrogens is 212 g/mol.